The standard InChI is InChI=1S/C20H19N5O3S/c1-13-12-20(14(2)11-19(13)21)25-24-16-5-3-15(4-6-16)22-23-17-7-9-18(10-8-17)29(26,27)28/h3-12H,21H2,1-2H3,(H,26,27,28). The van der Waals surface area contributed by atoms with Crippen LogP contribution < -0.4 is 5.73 Å². The number of anilines is 1. The first kappa shape index (κ1) is 20.3. The van der Waals surface area contributed by atoms with Gasteiger partial charge in [0, 0.05) is 5.69 Å². The molecule has 0 saturated heterocycles. The molecular weight excluding hydrogens is 390 g/mol. The zero-order chi connectivity index (χ0) is 21.0. The second kappa shape index (κ2) is 8.29. The second-order valence-corrected chi connectivity index (χ2v) is 7.80. The van der Waals surface area contributed by atoms with Crippen LogP contribution in [0.25, 0.3) is 0 Å². The maximum atomic E-state index is 11.0. The van der Waals surface area contributed by atoms with Gasteiger partial charge in [-0.05, 0) is 85.6 Å². The van der Waals surface area contributed by atoms with Crippen molar-refractivity contribution >= 4 is 38.6 Å². The van der Waals surface area contributed by atoms with E-state index >= 15 is 0 Å². The fraction of sp³-hybridized carbons (Fsp3) is 0.100. The van der Waals surface area contributed by atoms with Crippen LogP contribution in [0.1, 0.15) is 11.1 Å². The van der Waals surface area contributed by atoms with Gasteiger partial charge in [0.1, 0.15) is 0 Å². The fourth-order valence-electron chi connectivity index (χ4n) is 2.43. The highest BCUT2D eigenvalue weighted by molar-refractivity contribution is 7.85. The molecule has 8 nitrogen and oxygen atoms in total. The van der Waals surface area contributed by atoms with Gasteiger partial charge in [0.25, 0.3) is 10.1 Å². The Labute approximate surface area is 168 Å². The highest BCUT2D eigenvalue weighted by Crippen LogP contribution is 2.28. The lowest BCUT2D eigenvalue weighted by Crippen LogP contribution is -1.96. The zero-order valence-corrected chi connectivity index (χ0v) is 16.6. The highest BCUT2D eigenvalue weighted by Gasteiger charge is 2.08. The molecule has 29 heavy (non-hydrogen) atoms. The summed E-state index contributed by atoms with van der Waals surface area (Å²) in [5, 5.41) is 16.6. The van der Waals surface area contributed by atoms with Gasteiger partial charge in [-0.3, -0.25) is 4.55 Å². The Kier molecular flexibility index (Phi) is 5.81. The van der Waals surface area contributed by atoms with Crippen molar-refractivity contribution in [3.63, 3.8) is 0 Å². The van der Waals surface area contributed by atoms with Gasteiger partial charge in [0.15, 0.2) is 0 Å². The van der Waals surface area contributed by atoms with Gasteiger partial charge < -0.3 is 5.73 Å². The number of azo groups is 2. The minimum atomic E-state index is -4.22. The van der Waals surface area contributed by atoms with Crippen molar-refractivity contribution in [3.8, 4) is 0 Å². The number of nitrogen functional groups attached to an aromatic ring is 1. The van der Waals surface area contributed by atoms with Crippen molar-refractivity contribution < 1.29 is 13.0 Å². The molecule has 0 saturated carbocycles. The molecule has 0 amide bonds. The molecule has 3 aromatic rings. The number of aryl methyl sites for hydroxylation is 2. The smallest absolute Gasteiger partial charge is 0.294 e. The lowest BCUT2D eigenvalue weighted by molar-refractivity contribution is 0.483. The number of rotatable bonds is 5. The summed E-state index contributed by atoms with van der Waals surface area (Å²) in [4.78, 5) is -0.197. The summed E-state index contributed by atoms with van der Waals surface area (Å²) in [6.07, 6.45) is 0. The van der Waals surface area contributed by atoms with Gasteiger partial charge in [-0.2, -0.15) is 28.9 Å². The van der Waals surface area contributed by atoms with Crippen LogP contribution in [-0.2, 0) is 10.1 Å². The molecule has 0 aliphatic heterocycles. The quantitative estimate of drug-likeness (QED) is 0.306. The van der Waals surface area contributed by atoms with Gasteiger partial charge >= 0.3 is 0 Å². The van der Waals surface area contributed by atoms with E-state index in [-0.39, 0.29) is 4.90 Å². The summed E-state index contributed by atoms with van der Waals surface area (Å²) >= 11 is 0. The first-order valence-electron chi connectivity index (χ1n) is 8.60. The maximum Gasteiger partial charge on any atom is 0.294 e. The molecule has 3 aromatic carbocycles. The van der Waals surface area contributed by atoms with E-state index in [2.05, 4.69) is 20.5 Å². The minimum Gasteiger partial charge on any atom is -0.399 e. The summed E-state index contributed by atoms with van der Waals surface area (Å²) in [6.45, 7) is 3.85. The van der Waals surface area contributed by atoms with E-state index < -0.39 is 10.1 Å². The molecule has 0 radical (unpaired) electrons. The van der Waals surface area contributed by atoms with Crippen molar-refractivity contribution in [1.29, 1.82) is 0 Å². The number of nitrogens with zero attached hydrogens (tertiary/aromatic N) is 4. The normalized spacial score (nSPS) is 12.1. The van der Waals surface area contributed by atoms with Crippen LogP contribution in [0.5, 0.6) is 0 Å². The van der Waals surface area contributed by atoms with Crippen molar-refractivity contribution in [2.75, 3.05) is 5.73 Å². The Bertz CT molecular complexity index is 1190. The third kappa shape index (κ3) is 5.31. The van der Waals surface area contributed by atoms with Crippen LogP contribution in [0.15, 0.2) is 86.0 Å². The van der Waals surface area contributed by atoms with E-state index in [0.717, 1.165) is 22.5 Å². The van der Waals surface area contributed by atoms with Gasteiger partial charge in [-0.25, -0.2) is 0 Å². The summed E-state index contributed by atoms with van der Waals surface area (Å²) < 4.78 is 31.0. The molecule has 3 rings (SSSR count). The van der Waals surface area contributed by atoms with Gasteiger partial charge in [-0.1, -0.05) is 0 Å². The zero-order valence-electron chi connectivity index (χ0n) is 15.8. The average Bonchev–Trinajstić information content (AvgIpc) is 2.68. The molecule has 0 atom stereocenters. The molecule has 0 spiro atoms. The van der Waals surface area contributed by atoms with E-state index in [1.807, 2.05) is 26.0 Å². The number of nitrogens with two attached hydrogens (primary N) is 1. The molecule has 0 aliphatic rings. The van der Waals surface area contributed by atoms with Gasteiger partial charge in [-0.15, -0.1) is 0 Å². The van der Waals surface area contributed by atoms with Crippen molar-refractivity contribution in [1.82, 2.24) is 0 Å². The van der Waals surface area contributed by atoms with E-state index in [1.165, 1.54) is 24.3 Å². The highest BCUT2D eigenvalue weighted by atomic mass is 32.2. The summed E-state index contributed by atoms with van der Waals surface area (Å²) in [5.74, 6) is 0. The van der Waals surface area contributed by atoms with E-state index in [9.17, 15) is 8.42 Å². The third-order valence-corrected chi connectivity index (χ3v) is 4.99. The van der Waals surface area contributed by atoms with Gasteiger partial charge in [0.2, 0.25) is 0 Å². The van der Waals surface area contributed by atoms with Crippen LogP contribution in [0.4, 0.5) is 28.4 Å². The third-order valence-electron chi connectivity index (χ3n) is 4.12. The predicted molar refractivity (Wildman–Crippen MR) is 111 cm³/mol. The lowest BCUT2D eigenvalue weighted by atomic mass is 10.1. The molecule has 0 aliphatic carbocycles. The Balaban J connectivity index is 1.70. The van der Waals surface area contributed by atoms with Gasteiger partial charge in [0.05, 0.1) is 27.6 Å². The molecule has 148 valence electrons. The predicted octanol–water partition coefficient (Wildman–Crippen LogP) is 5.96. The Morgan fingerprint density at radius 2 is 1.17 bits per heavy atom. The molecule has 0 heterocycles. The van der Waals surface area contributed by atoms with Crippen LogP contribution in [-0.4, -0.2) is 13.0 Å². The van der Waals surface area contributed by atoms with Crippen LogP contribution in [0.3, 0.4) is 0 Å². The molecular formula is C20H19N5O3S. The monoisotopic (exact) mass is 409 g/mol. The maximum absolute atomic E-state index is 11.0. The average molecular weight is 409 g/mol. The van der Waals surface area contributed by atoms with Crippen molar-refractivity contribution in [3.05, 3.63) is 71.8 Å². The topological polar surface area (TPSA) is 130 Å². The minimum absolute atomic E-state index is 0.197. The fourth-order valence-corrected chi connectivity index (χ4v) is 2.91. The van der Waals surface area contributed by atoms with Crippen molar-refractivity contribution in [2.45, 2.75) is 18.7 Å². The summed E-state index contributed by atoms with van der Waals surface area (Å²) in [6, 6.07) is 16.2. The summed E-state index contributed by atoms with van der Waals surface area (Å²) in [5.41, 5.74) is 11.0. The van der Waals surface area contributed by atoms with Crippen molar-refractivity contribution in [2.24, 2.45) is 20.5 Å². The van der Waals surface area contributed by atoms with Crippen LogP contribution in [0.2, 0.25) is 0 Å². The molecule has 0 unspecified atom stereocenters. The van der Waals surface area contributed by atoms with E-state index in [4.69, 9.17) is 10.3 Å². The van der Waals surface area contributed by atoms with Crippen LogP contribution in [0, 0.1) is 13.8 Å². The Morgan fingerprint density at radius 3 is 1.66 bits per heavy atom. The Morgan fingerprint density at radius 1 is 0.724 bits per heavy atom. The first-order chi connectivity index (χ1) is 13.7. The number of hydrogen-bond donors (Lipinski definition) is 2. The number of hydrogen-bond acceptors (Lipinski definition) is 7. The van der Waals surface area contributed by atoms with E-state index in [1.54, 1.807) is 24.3 Å². The largest absolute Gasteiger partial charge is 0.399 e. The summed E-state index contributed by atoms with van der Waals surface area (Å²) in [7, 11) is -4.22. The number of benzene rings is 3. The molecule has 3 N–H and O–H groups in total. The van der Waals surface area contributed by atoms with E-state index in [0.29, 0.717) is 17.1 Å². The Hall–Kier alpha value is -3.43. The molecule has 9 heteroatoms. The second-order valence-electron chi connectivity index (χ2n) is 6.38. The molecule has 0 bridgehead atoms. The SMILES string of the molecule is Cc1cc(N=Nc2ccc(N=Nc3ccc(S(=O)(=O)O)cc3)cc2)c(C)cc1N. The first-order valence-corrected chi connectivity index (χ1v) is 10.0. The van der Waals surface area contributed by atoms with Crippen LogP contribution >= 0.6 is 0 Å². The molecule has 0 aromatic heterocycles. The molecule has 0 fully saturated rings. The lowest BCUT2D eigenvalue weighted by Gasteiger charge is -2.04.